The van der Waals surface area contributed by atoms with Gasteiger partial charge in [0, 0.05) is 24.6 Å². The van der Waals surface area contributed by atoms with E-state index in [1.165, 1.54) is 37.1 Å². The number of hydrogen-bond acceptors (Lipinski definition) is 2. The number of nitrogens with zero attached hydrogens (tertiary/aromatic N) is 1. The molecule has 1 aliphatic rings. The van der Waals surface area contributed by atoms with Gasteiger partial charge in [-0.3, -0.25) is 0 Å². The summed E-state index contributed by atoms with van der Waals surface area (Å²) in [7, 11) is 4.18. The van der Waals surface area contributed by atoms with Gasteiger partial charge < -0.3 is 10.2 Å². The highest BCUT2D eigenvalue weighted by Gasteiger charge is 2.20. The van der Waals surface area contributed by atoms with Crippen LogP contribution in [0.1, 0.15) is 32.6 Å². The van der Waals surface area contributed by atoms with Crippen LogP contribution in [0.15, 0.2) is 22.7 Å². The minimum Gasteiger partial charge on any atom is -0.381 e. The molecule has 3 heteroatoms. The van der Waals surface area contributed by atoms with Crippen molar-refractivity contribution in [3.63, 3.8) is 0 Å². The van der Waals surface area contributed by atoms with Crippen molar-refractivity contribution in [2.45, 2.75) is 38.6 Å². The van der Waals surface area contributed by atoms with E-state index < -0.39 is 0 Å². The molecule has 0 radical (unpaired) electrons. The minimum atomic E-state index is 0.545. The molecular formula is C15H23BrN2. The Kier molecular flexibility index (Phi) is 4.55. The van der Waals surface area contributed by atoms with E-state index in [1.807, 2.05) is 0 Å². The van der Waals surface area contributed by atoms with E-state index in [-0.39, 0.29) is 0 Å². The summed E-state index contributed by atoms with van der Waals surface area (Å²) in [5, 5.41) is 3.66. The maximum atomic E-state index is 3.66. The summed E-state index contributed by atoms with van der Waals surface area (Å²) in [6, 6.07) is 6.97. The van der Waals surface area contributed by atoms with Crippen molar-refractivity contribution in [3.05, 3.63) is 22.7 Å². The number of rotatable bonds is 5. The van der Waals surface area contributed by atoms with Crippen molar-refractivity contribution >= 4 is 27.3 Å². The fourth-order valence-electron chi connectivity index (χ4n) is 2.57. The molecule has 0 amide bonds. The molecule has 0 aliphatic heterocycles. The van der Waals surface area contributed by atoms with E-state index in [0.717, 1.165) is 10.4 Å². The third kappa shape index (κ3) is 3.41. The van der Waals surface area contributed by atoms with E-state index in [1.54, 1.807) is 0 Å². The Morgan fingerprint density at radius 3 is 2.67 bits per heavy atom. The second-order valence-electron chi connectivity index (χ2n) is 5.63. The molecule has 1 aliphatic carbocycles. The molecule has 1 aromatic carbocycles. The third-order valence-electron chi connectivity index (χ3n) is 3.75. The Bertz CT molecular complexity index is 399. The van der Waals surface area contributed by atoms with Crippen LogP contribution in [0.5, 0.6) is 0 Å². The maximum Gasteiger partial charge on any atom is 0.0597 e. The van der Waals surface area contributed by atoms with Gasteiger partial charge in [0.15, 0.2) is 0 Å². The zero-order chi connectivity index (χ0) is 13.1. The fraction of sp³-hybridized carbons (Fsp3) is 0.600. The summed E-state index contributed by atoms with van der Waals surface area (Å²) in [6.07, 6.45) is 5.56. The van der Waals surface area contributed by atoms with Gasteiger partial charge in [-0.15, -0.1) is 0 Å². The predicted molar refractivity (Wildman–Crippen MR) is 83.5 cm³/mol. The van der Waals surface area contributed by atoms with Crippen LogP contribution < -0.4 is 10.2 Å². The molecule has 0 spiro atoms. The molecule has 0 heterocycles. The number of anilines is 2. The summed E-state index contributed by atoms with van der Waals surface area (Å²) in [6.45, 7) is 2.29. The van der Waals surface area contributed by atoms with Crippen molar-refractivity contribution in [3.8, 4) is 0 Å². The van der Waals surface area contributed by atoms with E-state index >= 15 is 0 Å². The standard InChI is InChI=1S/C15H23BrN2/c1-11(9-12-5-4-6-12)17-14-10-13(16)7-8-15(14)18(2)3/h7-8,10-12,17H,4-6,9H2,1-3H3. The first kappa shape index (κ1) is 13.7. The van der Waals surface area contributed by atoms with Crippen LogP contribution in [0, 0.1) is 5.92 Å². The molecule has 18 heavy (non-hydrogen) atoms. The Morgan fingerprint density at radius 2 is 2.11 bits per heavy atom. The topological polar surface area (TPSA) is 15.3 Å². The van der Waals surface area contributed by atoms with Gasteiger partial charge in [0.2, 0.25) is 0 Å². The summed E-state index contributed by atoms with van der Waals surface area (Å²) in [5.74, 6) is 0.947. The summed E-state index contributed by atoms with van der Waals surface area (Å²) >= 11 is 3.55. The number of nitrogens with one attached hydrogen (secondary N) is 1. The molecule has 2 rings (SSSR count). The molecular weight excluding hydrogens is 288 g/mol. The van der Waals surface area contributed by atoms with Gasteiger partial charge in [-0.25, -0.2) is 0 Å². The number of hydrogen-bond donors (Lipinski definition) is 1. The average molecular weight is 311 g/mol. The lowest BCUT2D eigenvalue weighted by atomic mass is 9.81. The summed E-state index contributed by atoms with van der Waals surface area (Å²) < 4.78 is 1.13. The van der Waals surface area contributed by atoms with Crippen molar-refractivity contribution in [1.29, 1.82) is 0 Å². The fourth-order valence-corrected chi connectivity index (χ4v) is 2.93. The highest BCUT2D eigenvalue weighted by atomic mass is 79.9. The molecule has 0 saturated heterocycles. The lowest BCUT2D eigenvalue weighted by Gasteiger charge is -2.30. The van der Waals surface area contributed by atoms with Gasteiger partial charge in [0.05, 0.1) is 11.4 Å². The van der Waals surface area contributed by atoms with Crippen LogP contribution in [-0.2, 0) is 0 Å². The zero-order valence-electron chi connectivity index (χ0n) is 11.5. The van der Waals surface area contributed by atoms with Crippen molar-refractivity contribution in [2.75, 3.05) is 24.3 Å². The largest absolute Gasteiger partial charge is 0.381 e. The molecule has 2 nitrogen and oxygen atoms in total. The average Bonchev–Trinajstić information content (AvgIpc) is 2.23. The SMILES string of the molecule is CC(CC1CCC1)Nc1cc(Br)ccc1N(C)C. The van der Waals surface area contributed by atoms with E-state index in [0.29, 0.717) is 6.04 Å². The first-order valence-corrected chi connectivity index (χ1v) is 7.59. The van der Waals surface area contributed by atoms with Gasteiger partial charge >= 0.3 is 0 Å². The highest BCUT2D eigenvalue weighted by Crippen LogP contribution is 2.33. The third-order valence-corrected chi connectivity index (χ3v) is 4.25. The Morgan fingerprint density at radius 1 is 1.39 bits per heavy atom. The summed E-state index contributed by atoms with van der Waals surface area (Å²) in [5.41, 5.74) is 2.47. The van der Waals surface area contributed by atoms with Gasteiger partial charge in [-0.2, -0.15) is 0 Å². The molecule has 1 unspecified atom stereocenters. The molecule has 1 fully saturated rings. The molecule has 1 saturated carbocycles. The second-order valence-corrected chi connectivity index (χ2v) is 6.55. The Labute approximate surface area is 119 Å². The van der Waals surface area contributed by atoms with Gasteiger partial charge in [0.25, 0.3) is 0 Å². The lowest BCUT2D eigenvalue weighted by Crippen LogP contribution is -2.24. The minimum absolute atomic E-state index is 0.545. The Hall–Kier alpha value is -0.700. The lowest BCUT2D eigenvalue weighted by molar-refractivity contribution is 0.286. The first-order chi connectivity index (χ1) is 8.56. The zero-order valence-corrected chi connectivity index (χ0v) is 13.1. The monoisotopic (exact) mass is 310 g/mol. The molecule has 0 aromatic heterocycles. The van der Waals surface area contributed by atoms with Crippen molar-refractivity contribution in [1.82, 2.24) is 0 Å². The van der Waals surface area contributed by atoms with Crippen LogP contribution in [0.25, 0.3) is 0 Å². The van der Waals surface area contributed by atoms with Crippen molar-refractivity contribution < 1.29 is 0 Å². The quantitative estimate of drug-likeness (QED) is 0.861. The molecule has 1 atom stereocenters. The predicted octanol–water partition coefficient (Wildman–Crippen LogP) is 4.51. The van der Waals surface area contributed by atoms with E-state index in [2.05, 4.69) is 65.4 Å². The van der Waals surface area contributed by atoms with Crippen molar-refractivity contribution in [2.24, 2.45) is 5.92 Å². The highest BCUT2D eigenvalue weighted by molar-refractivity contribution is 9.10. The molecule has 1 aromatic rings. The van der Waals surface area contributed by atoms with E-state index in [9.17, 15) is 0 Å². The van der Waals surface area contributed by atoms with Gasteiger partial charge in [-0.05, 0) is 37.5 Å². The summed E-state index contributed by atoms with van der Waals surface area (Å²) in [4.78, 5) is 2.16. The van der Waals surface area contributed by atoms with Crippen LogP contribution in [-0.4, -0.2) is 20.1 Å². The Balaban J connectivity index is 2.03. The van der Waals surface area contributed by atoms with Crippen LogP contribution in [0.2, 0.25) is 0 Å². The molecule has 100 valence electrons. The number of halogens is 1. The first-order valence-electron chi connectivity index (χ1n) is 6.79. The normalized spacial score (nSPS) is 17.1. The van der Waals surface area contributed by atoms with Crippen LogP contribution >= 0.6 is 15.9 Å². The smallest absolute Gasteiger partial charge is 0.0597 e. The second kappa shape index (κ2) is 5.96. The molecule has 1 N–H and O–H groups in total. The van der Waals surface area contributed by atoms with E-state index in [4.69, 9.17) is 0 Å². The number of benzene rings is 1. The maximum absolute atomic E-state index is 3.66. The van der Waals surface area contributed by atoms with Gasteiger partial charge in [0.1, 0.15) is 0 Å². The van der Waals surface area contributed by atoms with Gasteiger partial charge in [-0.1, -0.05) is 35.2 Å². The van der Waals surface area contributed by atoms with Crippen LogP contribution in [0.3, 0.4) is 0 Å². The molecule has 0 bridgehead atoms. The van der Waals surface area contributed by atoms with Crippen LogP contribution in [0.4, 0.5) is 11.4 Å².